The van der Waals surface area contributed by atoms with Gasteiger partial charge < -0.3 is 10.2 Å². The van der Waals surface area contributed by atoms with Crippen LogP contribution >= 0.6 is 22.9 Å². The highest BCUT2D eigenvalue weighted by Crippen LogP contribution is 2.31. The van der Waals surface area contributed by atoms with Crippen molar-refractivity contribution in [2.75, 3.05) is 23.3 Å². The van der Waals surface area contributed by atoms with E-state index in [1.165, 1.54) is 29.9 Å². The van der Waals surface area contributed by atoms with Crippen LogP contribution in [0.15, 0.2) is 93.9 Å². The van der Waals surface area contributed by atoms with E-state index in [1.807, 2.05) is 55.5 Å². The number of hydrogen-bond acceptors (Lipinski definition) is 5. The van der Waals surface area contributed by atoms with Crippen LogP contribution in [-0.4, -0.2) is 23.6 Å². The van der Waals surface area contributed by atoms with Crippen molar-refractivity contribution >= 4 is 46.3 Å². The number of fused-ring (bicyclic) bond motifs is 1. The lowest BCUT2D eigenvalue weighted by Gasteiger charge is -2.25. The van der Waals surface area contributed by atoms with Crippen LogP contribution in [0.25, 0.3) is 6.08 Å². The summed E-state index contributed by atoms with van der Waals surface area (Å²) in [6, 6.07) is 22.3. The Morgan fingerprint density at radius 1 is 1.02 bits per heavy atom. The van der Waals surface area contributed by atoms with Crippen LogP contribution in [0.1, 0.15) is 42.5 Å². The van der Waals surface area contributed by atoms with Gasteiger partial charge in [-0.2, -0.15) is 0 Å². The Morgan fingerprint density at radius 2 is 1.75 bits per heavy atom. The molecular formula is C32H29ClN4O2S. The number of nitrogens with one attached hydrogen (secondary N) is 1. The Kier molecular flexibility index (Phi) is 7.17. The summed E-state index contributed by atoms with van der Waals surface area (Å²) >= 11 is 7.54. The number of carbonyl (C=O) groups is 1. The summed E-state index contributed by atoms with van der Waals surface area (Å²) < 4.78 is 2.22. The highest BCUT2D eigenvalue weighted by molar-refractivity contribution is 7.07. The van der Waals surface area contributed by atoms with Gasteiger partial charge in [-0.15, -0.1) is 0 Å². The average molecular weight is 569 g/mol. The number of amides is 1. The van der Waals surface area contributed by atoms with Crippen LogP contribution < -0.4 is 25.1 Å². The van der Waals surface area contributed by atoms with Gasteiger partial charge in [-0.25, -0.2) is 4.99 Å². The fourth-order valence-corrected chi connectivity index (χ4v) is 6.59. The van der Waals surface area contributed by atoms with Crippen LogP contribution in [0.3, 0.4) is 0 Å². The maximum absolute atomic E-state index is 14.0. The Labute approximate surface area is 241 Å². The molecule has 0 radical (unpaired) electrons. The molecule has 1 fully saturated rings. The van der Waals surface area contributed by atoms with E-state index in [0.29, 0.717) is 31.3 Å². The van der Waals surface area contributed by atoms with E-state index in [1.54, 1.807) is 16.7 Å². The summed E-state index contributed by atoms with van der Waals surface area (Å²) in [7, 11) is 0. The normalized spacial score (nSPS) is 17.1. The Bertz CT molecular complexity index is 1800. The molecule has 6 nitrogen and oxygen atoms in total. The number of hydrogen-bond donors (Lipinski definition) is 1. The molecule has 2 aliphatic heterocycles. The number of thiazole rings is 1. The third kappa shape index (κ3) is 5.03. The summed E-state index contributed by atoms with van der Waals surface area (Å²) in [6.07, 6.45) is 4.39. The molecule has 0 spiro atoms. The molecule has 1 N–H and O–H groups in total. The number of anilines is 2. The maximum Gasteiger partial charge on any atom is 0.271 e. The number of nitrogens with zero attached hydrogens (tertiary/aromatic N) is 3. The molecule has 2 aliphatic rings. The van der Waals surface area contributed by atoms with Gasteiger partial charge in [-0.05, 0) is 85.9 Å². The van der Waals surface area contributed by atoms with Crippen LogP contribution in [0, 0.1) is 6.92 Å². The van der Waals surface area contributed by atoms with Crippen molar-refractivity contribution in [3.8, 4) is 0 Å². The summed E-state index contributed by atoms with van der Waals surface area (Å²) in [5.41, 5.74) is 5.62. The number of benzene rings is 3. The van der Waals surface area contributed by atoms with Crippen molar-refractivity contribution in [3.63, 3.8) is 0 Å². The minimum absolute atomic E-state index is 0.177. The van der Waals surface area contributed by atoms with E-state index in [9.17, 15) is 9.59 Å². The van der Waals surface area contributed by atoms with Gasteiger partial charge >= 0.3 is 0 Å². The van der Waals surface area contributed by atoms with E-state index in [-0.39, 0.29) is 11.5 Å². The van der Waals surface area contributed by atoms with Crippen LogP contribution in [0.5, 0.6) is 0 Å². The van der Waals surface area contributed by atoms with Gasteiger partial charge in [0.15, 0.2) is 4.80 Å². The van der Waals surface area contributed by atoms with Crippen molar-refractivity contribution in [3.05, 3.63) is 125 Å². The number of carbonyl (C=O) groups excluding carboxylic acids is 1. The third-order valence-electron chi connectivity index (χ3n) is 7.49. The number of halogens is 1. The molecule has 3 heterocycles. The van der Waals surface area contributed by atoms with Crippen LogP contribution in [0.2, 0.25) is 5.02 Å². The Balaban J connectivity index is 1.45. The molecule has 0 unspecified atom stereocenters. The summed E-state index contributed by atoms with van der Waals surface area (Å²) in [5.74, 6) is -0.296. The molecule has 202 valence electrons. The molecular weight excluding hydrogens is 540 g/mol. The molecule has 4 aromatic rings. The maximum atomic E-state index is 14.0. The van der Waals surface area contributed by atoms with Crippen molar-refractivity contribution in [1.29, 1.82) is 0 Å². The van der Waals surface area contributed by atoms with Gasteiger partial charge in [0, 0.05) is 29.5 Å². The largest absolute Gasteiger partial charge is 0.372 e. The number of aryl methyl sites for hydroxylation is 1. The van der Waals surface area contributed by atoms with E-state index in [0.717, 1.165) is 29.8 Å². The molecule has 1 amide bonds. The molecule has 1 atom stereocenters. The number of rotatable bonds is 5. The summed E-state index contributed by atoms with van der Waals surface area (Å²) in [4.78, 5) is 35.4. The van der Waals surface area contributed by atoms with Crippen molar-refractivity contribution < 1.29 is 4.79 Å². The fraction of sp³-hybridized carbons (Fsp3) is 0.219. The molecule has 0 saturated carbocycles. The highest BCUT2D eigenvalue weighted by Gasteiger charge is 2.32. The quantitative estimate of drug-likeness (QED) is 0.349. The van der Waals surface area contributed by atoms with E-state index in [2.05, 4.69) is 35.3 Å². The molecule has 0 bridgehead atoms. The Morgan fingerprint density at radius 3 is 2.45 bits per heavy atom. The zero-order valence-corrected chi connectivity index (χ0v) is 23.9. The molecule has 40 heavy (non-hydrogen) atoms. The number of allylic oxidation sites excluding steroid dienone is 1. The zero-order valence-electron chi connectivity index (χ0n) is 22.4. The van der Waals surface area contributed by atoms with Gasteiger partial charge in [-0.1, -0.05) is 59.3 Å². The molecule has 1 aromatic heterocycles. The van der Waals surface area contributed by atoms with E-state index >= 15 is 0 Å². The van der Waals surface area contributed by atoms with Crippen molar-refractivity contribution in [2.24, 2.45) is 4.99 Å². The molecule has 8 heteroatoms. The zero-order chi connectivity index (χ0) is 27.8. The van der Waals surface area contributed by atoms with Gasteiger partial charge in [0.2, 0.25) is 0 Å². The first-order valence-corrected chi connectivity index (χ1v) is 14.6. The predicted molar refractivity (Wildman–Crippen MR) is 163 cm³/mol. The predicted octanol–water partition coefficient (Wildman–Crippen LogP) is 5.44. The lowest BCUT2D eigenvalue weighted by molar-refractivity contribution is -0.113. The second-order valence-corrected chi connectivity index (χ2v) is 11.6. The van der Waals surface area contributed by atoms with Gasteiger partial charge in [0.25, 0.3) is 11.5 Å². The number of para-hydroxylation sites is 1. The minimum atomic E-state index is -0.641. The first-order chi connectivity index (χ1) is 19.4. The lowest BCUT2D eigenvalue weighted by Crippen LogP contribution is -2.40. The highest BCUT2D eigenvalue weighted by atomic mass is 35.5. The first-order valence-electron chi connectivity index (χ1n) is 13.4. The number of aromatic nitrogens is 1. The standard InChI is InChI=1S/C32H29ClN4O2S/c1-20-18-26(36-16-6-7-17-36)15-12-23(20)19-27-31(39)37-29(22-10-13-24(33)14-11-22)28(21(2)34-32(37)40-27)30(38)35-25-8-4-3-5-9-25/h3-5,8-15,18-19,29H,6-7,16-17H2,1-2H3,(H,35,38)/b27-19+/t29-/m0/s1. The summed E-state index contributed by atoms with van der Waals surface area (Å²) in [6.45, 7) is 6.07. The summed E-state index contributed by atoms with van der Waals surface area (Å²) in [5, 5.41) is 3.56. The monoisotopic (exact) mass is 568 g/mol. The molecule has 0 aliphatic carbocycles. The Hall–Kier alpha value is -3.94. The van der Waals surface area contributed by atoms with E-state index in [4.69, 9.17) is 16.6 Å². The first kappa shape index (κ1) is 26.3. The lowest BCUT2D eigenvalue weighted by atomic mass is 9.95. The van der Waals surface area contributed by atoms with Crippen LogP contribution in [-0.2, 0) is 4.79 Å². The van der Waals surface area contributed by atoms with Crippen LogP contribution in [0.4, 0.5) is 11.4 Å². The van der Waals surface area contributed by atoms with E-state index < -0.39 is 6.04 Å². The second kappa shape index (κ2) is 10.9. The third-order valence-corrected chi connectivity index (χ3v) is 8.73. The second-order valence-electron chi connectivity index (χ2n) is 10.2. The van der Waals surface area contributed by atoms with Crippen molar-refractivity contribution in [1.82, 2.24) is 4.57 Å². The van der Waals surface area contributed by atoms with Gasteiger partial charge in [-0.3, -0.25) is 14.2 Å². The topological polar surface area (TPSA) is 66.7 Å². The molecule has 1 saturated heterocycles. The van der Waals surface area contributed by atoms with Gasteiger partial charge in [0.1, 0.15) is 0 Å². The van der Waals surface area contributed by atoms with Gasteiger partial charge in [0.05, 0.1) is 21.8 Å². The minimum Gasteiger partial charge on any atom is -0.372 e. The molecule has 6 rings (SSSR count). The fourth-order valence-electron chi connectivity index (χ4n) is 5.43. The molecule has 3 aromatic carbocycles. The average Bonchev–Trinajstić information content (AvgIpc) is 3.59. The smallest absolute Gasteiger partial charge is 0.271 e. The van der Waals surface area contributed by atoms with Crippen molar-refractivity contribution in [2.45, 2.75) is 32.7 Å². The SMILES string of the molecule is CC1=C(C(=O)Nc2ccccc2)[C@H](c2ccc(Cl)cc2)n2c(s/c(=C/c3ccc(N4CCCC4)cc3C)c2=O)=N1.